The van der Waals surface area contributed by atoms with Gasteiger partial charge in [0.25, 0.3) is 0 Å². The third-order valence-electron chi connectivity index (χ3n) is 3.68. The van der Waals surface area contributed by atoms with Crippen LogP contribution >= 0.6 is 0 Å². The lowest BCUT2D eigenvalue weighted by molar-refractivity contribution is 0.275. The molecule has 0 radical (unpaired) electrons. The summed E-state index contributed by atoms with van der Waals surface area (Å²) in [6, 6.07) is 9.25. The van der Waals surface area contributed by atoms with Crippen molar-refractivity contribution >= 4 is 5.69 Å². The van der Waals surface area contributed by atoms with E-state index in [-0.39, 0.29) is 0 Å². The Morgan fingerprint density at radius 3 is 2.56 bits per heavy atom. The highest BCUT2D eigenvalue weighted by Crippen LogP contribution is 2.36. The van der Waals surface area contributed by atoms with Crippen LogP contribution in [0.5, 0.6) is 0 Å². The van der Waals surface area contributed by atoms with Crippen molar-refractivity contribution in [3.05, 3.63) is 29.8 Å². The van der Waals surface area contributed by atoms with E-state index in [9.17, 15) is 0 Å². The highest BCUT2D eigenvalue weighted by molar-refractivity contribution is 5.57. The van der Waals surface area contributed by atoms with Gasteiger partial charge in [-0.25, -0.2) is 0 Å². The summed E-state index contributed by atoms with van der Waals surface area (Å²) in [6.07, 6.45) is 1.18. The predicted molar refractivity (Wildman–Crippen MR) is 79.1 cm³/mol. The molecule has 2 heteroatoms. The Morgan fingerprint density at radius 2 is 1.94 bits per heavy atom. The first-order valence-electron chi connectivity index (χ1n) is 7.11. The lowest BCUT2D eigenvalue weighted by Crippen LogP contribution is -2.53. The average molecular weight is 246 g/mol. The molecular formula is C16H26N2. The Morgan fingerprint density at radius 1 is 1.28 bits per heavy atom. The second kappa shape index (κ2) is 5.31. The lowest BCUT2D eigenvalue weighted by Gasteiger charge is -2.48. The third-order valence-corrected chi connectivity index (χ3v) is 3.68. The van der Waals surface area contributed by atoms with Gasteiger partial charge < -0.3 is 10.2 Å². The smallest absolute Gasteiger partial charge is 0.0414 e. The number of anilines is 1. The number of nitrogens with zero attached hydrogens (tertiary/aromatic N) is 1. The molecule has 1 aromatic rings. The quantitative estimate of drug-likeness (QED) is 0.854. The van der Waals surface area contributed by atoms with Crippen molar-refractivity contribution in [2.24, 2.45) is 5.41 Å². The molecule has 0 saturated carbocycles. The molecule has 0 aromatic heterocycles. The van der Waals surface area contributed by atoms with Gasteiger partial charge in [-0.15, -0.1) is 0 Å². The molecule has 1 N–H and O–H groups in total. The molecule has 0 aliphatic carbocycles. The molecule has 1 aromatic carbocycles. The molecule has 1 atom stereocenters. The highest BCUT2D eigenvalue weighted by atomic mass is 15.2. The largest absolute Gasteiger partial charge is 0.370 e. The summed E-state index contributed by atoms with van der Waals surface area (Å²) < 4.78 is 0. The van der Waals surface area contributed by atoms with Crippen LogP contribution in [0.1, 0.15) is 45.7 Å². The van der Waals surface area contributed by atoms with Crippen LogP contribution in [-0.4, -0.2) is 19.6 Å². The Balaban J connectivity index is 2.11. The van der Waals surface area contributed by atoms with Gasteiger partial charge in [0.15, 0.2) is 0 Å². The van der Waals surface area contributed by atoms with E-state index >= 15 is 0 Å². The summed E-state index contributed by atoms with van der Waals surface area (Å²) in [4.78, 5) is 2.50. The lowest BCUT2D eigenvalue weighted by atomic mass is 9.83. The normalized spacial score (nSPS) is 19.4. The second-order valence-electron chi connectivity index (χ2n) is 6.25. The first-order valence-corrected chi connectivity index (χ1v) is 7.11. The van der Waals surface area contributed by atoms with E-state index in [1.165, 1.54) is 30.8 Å². The van der Waals surface area contributed by atoms with Gasteiger partial charge >= 0.3 is 0 Å². The number of nitrogens with one attached hydrogen (secondary N) is 1. The number of hydrogen-bond donors (Lipinski definition) is 1. The van der Waals surface area contributed by atoms with Crippen molar-refractivity contribution < 1.29 is 0 Å². The Hall–Kier alpha value is -1.02. The first-order chi connectivity index (χ1) is 8.53. The SMILES string of the molecule is CCCNC(C)c1ccccc1N1CC(C)(C)C1. The van der Waals surface area contributed by atoms with E-state index < -0.39 is 0 Å². The van der Waals surface area contributed by atoms with Crippen LogP contribution < -0.4 is 10.2 Å². The molecule has 1 saturated heterocycles. The van der Waals surface area contributed by atoms with Crippen LogP contribution in [0, 0.1) is 5.41 Å². The molecule has 1 unspecified atom stereocenters. The van der Waals surface area contributed by atoms with Crippen LogP contribution in [0.3, 0.4) is 0 Å². The number of rotatable bonds is 5. The summed E-state index contributed by atoms with van der Waals surface area (Å²) in [5, 5.41) is 3.59. The van der Waals surface area contributed by atoms with E-state index in [0.717, 1.165) is 6.54 Å². The molecule has 1 heterocycles. The van der Waals surface area contributed by atoms with E-state index in [1.54, 1.807) is 0 Å². The van der Waals surface area contributed by atoms with Gasteiger partial charge in [-0.3, -0.25) is 0 Å². The van der Waals surface area contributed by atoms with Crippen molar-refractivity contribution in [2.75, 3.05) is 24.5 Å². The third kappa shape index (κ3) is 2.86. The standard InChI is InChI=1S/C16H26N2/c1-5-10-17-13(2)14-8-6-7-9-15(14)18-11-16(3,4)12-18/h6-9,13,17H,5,10-12H2,1-4H3. The molecule has 0 spiro atoms. The van der Waals surface area contributed by atoms with Gasteiger partial charge in [-0.1, -0.05) is 39.0 Å². The van der Waals surface area contributed by atoms with Crippen molar-refractivity contribution in [1.29, 1.82) is 0 Å². The van der Waals surface area contributed by atoms with Crippen LogP contribution in [0.2, 0.25) is 0 Å². The maximum Gasteiger partial charge on any atom is 0.0414 e. The predicted octanol–water partition coefficient (Wildman–Crippen LogP) is 3.59. The highest BCUT2D eigenvalue weighted by Gasteiger charge is 2.35. The Bertz CT molecular complexity index is 390. The minimum absolute atomic E-state index is 0.435. The van der Waals surface area contributed by atoms with Crippen LogP contribution in [-0.2, 0) is 0 Å². The monoisotopic (exact) mass is 246 g/mol. The fraction of sp³-hybridized carbons (Fsp3) is 0.625. The molecule has 2 rings (SSSR count). The molecule has 2 nitrogen and oxygen atoms in total. The van der Waals surface area contributed by atoms with E-state index in [1.807, 2.05) is 0 Å². The van der Waals surface area contributed by atoms with Gasteiger partial charge in [-0.05, 0) is 36.9 Å². The summed E-state index contributed by atoms with van der Waals surface area (Å²) >= 11 is 0. The summed E-state index contributed by atoms with van der Waals surface area (Å²) in [5.41, 5.74) is 3.32. The fourth-order valence-electron chi connectivity index (χ4n) is 2.77. The maximum absolute atomic E-state index is 3.59. The zero-order valence-corrected chi connectivity index (χ0v) is 12.2. The molecule has 0 amide bonds. The summed E-state index contributed by atoms with van der Waals surface area (Å²) in [6.45, 7) is 12.6. The topological polar surface area (TPSA) is 15.3 Å². The Kier molecular flexibility index (Phi) is 3.96. The molecule has 1 aliphatic heterocycles. The molecule has 100 valence electrons. The summed E-state index contributed by atoms with van der Waals surface area (Å²) in [7, 11) is 0. The van der Waals surface area contributed by atoms with Crippen molar-refractivity contribution in [1.82, 2.24) is 5.32 Å². The van der Waals surface area contributed by atoms with E-state index in [4.69, 9.17) is 0 Å². The molecule has 0 bridgehead atoms. The zero-order chi connectivity index (χ0) is 13.2. The van der Waals surface area contributed by atoms with Gasteiger partial charge in [0.2, 0.25) is 0 Å². The van der Waals surface area contributed by atoms with Crippen LogP contribution in [0.4, 0.5) is 5.69 Å². The zero-order valence-electron chi connectivity index (χ0n) is 12.2. The van der Waals surface area contributed by atoms with Gasteiger partial charge in [0.1, 0.15) is 0 Å². The van der Waals surface area contributed by atoms with E-state index in [0.29, 0.717) is 11.5 Å². The number of hydrogen-bond acceptors (Lipinski definition) is 2. The van der Waals surface area contributed by atoms with Gasteiger partial charge in [0, 0.05) is 24.8 Å². The second-order valence-corrected chi connectivity index (χ2v) is 6.25. The minimum Gasteiger partial charge on any atom is -0.370 e. The summed E-state index contributed by atoms with van der Waals surface area (Å²) in [5.74, 6) is 0. The van der Waals surface area contributed by atoms with E-state index in [2.05, 4.69) is 62.2 Å². The van der Waals surface area contributed by atoms with Crippen LogP contribution in [0.25, 0.3) is 0 Å². The van der Waals surface area contributed by atoms with Crippen LogP contribution in [0.15, 0.2) is 24.3 Å². The fourth-order valence-corrected chi connectivity index (χ4v) is 2.77. The van der Waals surface area contributed by atoms with Crippen molar-refractivity contribution in [3.8, 4) is 0 Å². The number of benzene rings is 1. The Labute approximate surface area is 111 Å². The first kappa shape index (κ1) is 13.4. The van der Waals surface area contributed by atoms with Gasteiger partial charge in [0.05, 0.1) is 0 Å². The van der Waals surface area contributed by atoms with Crippen molar-refractivity contribution in [3.63, 3.8) is 0 Å². The number of para-hydroxylation sites is 1. The minimum atomic E-state index is 0.435. The average Bonchev–Trinajstić information content (AvgIpc) is 2.33. The van der Waals surface area contributed by atoms with Gasteiger partial charge in [-0.2, -0.15) is 0 Å². The molecule has 1 fully saturated rings. The van der Waals surface area contributed by atoms with Crippen molar-refractivity contribution in [2.45, 2.75) is 40.2 Å². The molecule has 1 aliphatic rings. The maximum atomic E-state index is 3.59. The molecular weight excluding hydrogens is 220 g/mol. The molecule has 18 heavy (non-hydrogen) atoms.